The van der Waals surface area contributed by atoms with E-state index in [9.17, 15) is 4.79 Å². The van der Waals surface area contributed by atoms with Crippen LogP contribution in [0, 0.1) is 12.3 Å². The maximum atomic E-state index is 12.1. The number of carbonyl (C=O) groups excluding carboxylic acids is 1. The summed E-state index contributed by atoms with van der Waals surface area (Å²) in [6, 6.07) is 4.37. The Morgan fingerprint density at radius 3 is 3.00 bits per heavy atom. The second-order valence-corrected chi connectivity index (χ2v) is 4.76. The summed E-state index contributed by atoms with van der Waals surface area (Å²) in [7, 11) is 0. The van der Waals surface area contributed by atoms with Crippen molar-refractivity contribution in [3.05, 3.63) is 24.0 Å². The Morgan fingerprint density at radius 2 is 2.28 bits per heavy atom. The molecule has 0 saturated carbocycles. The van der Waals surface area contributed by atoms with E-state index in [1.807, 2.05) is 18.3 Å². The third-order valence-corrected chi connectivity index (χ3v) is 3.49. The van der Waals surface area contributed by atoms with E-state index < -0.39 is 0 Å². The van der Waals surface area contributed by atoms with Gasteiger partial charge in [0.05, 0.1) is 5.69 Å². The molecular formula is C15H20N2O. The fourth-order valence-corrected chi connectivity index (χ4v) is 2.51. The fourth-order valence-electron chi connectivity index (χ4n) is 2.51. The third-order valence-electron chi connectivity index (χ3n) is 3.49. The average Bonchev–Trinajstić information content (AvgIpc) is 2.89. The highest BCUT2D eigenvalue weighted by Gasteiger charge is 2.19. The molecule has 0 unspecified atom stereocenters. The summed E-state index contributed by atoms with van der Waals surface area (Å²) in [5.74, 6) is 2.80. The second-order valence-electron chi connectivity index (χ2n) is 4.76. The molecule has 0 aliphatic carbocycles. The normalized spacial score (nSPS) is 16.4. The van der Waals surface area contributed by atoms with Crippen LogP contribution in [0.25, 0.3) is 0 Å². The monoisotopic (exact) mass is 244 g/mol. The molecule has 1 aliphatic rings. The number of piperidine rings is 1. The molecule has 1 N–H and O–H groups in total. The van der Waals surface area contributed by atoms with Gasteiger partial charge in [0.25, 0.3) is 0 Å². The van der Waals surface area contributed by atoms with E-state index in [1.165, 1.54) is 0 Å². The molecule has 96 valence electrons. The maximum absolute atomic E-state index is 12.1. The Labute approximate surface area is 109 Å². The number of hydrogen-bond donors (Lipinski definition) is 1. The summed E-state index contributed by atoms with van der Waals surface area (Å²) in [5.41, 5.74) is 0.846. The molecule has 3 nitrogen and oxygen atoms in total. The first-order chi connectivity index (χ1) is 8.83. The fraction of sp³-hybridized carbons (Fsp3) is 0.533. The number of rotatable bonds is 5. The van der Waals surface area contributed by atoms with Crippen LogP contribution in [-0.4, -0.2) is 23.4 Å². The van der Waals surface area contributed by atoms with Crippen LogP contribution >= 0.6 is 0 Å². The SMILES string of the molecule is C#CCCCC(=O)c1cccn1C1CCNCC1. The van der Waals surface area contributed by atoms with E-state index in [-0.39, 0.29) is 5.78 Å². The highest BCUT2D eigenvalue weighted by atomic mass is 16.1. The lowest BCUT2D eigenvalue weighted by Crippen LogP contribution is -2.30. The van der Waals surface area contributed by atoms with E-state index >= 15 is 0 Å². The molecule has 0 atom stereocenters. The van der Waals surface area contributed by atoms with Crippen molar-refractivity contribution >= 4 is 5.78 Å². The van der Waals surface area contributed by atoms with Crippen LogP contribution in [0.3, 0.4) is 0 Å². The largest absolute Gasteiger partial charge is 0.342 e. The van der Waals surface area contributed by atoms with Gasteiger partial charge in [-0.15, -0.1) is 12.3 Å². The Balaban J connectivity index is 2.02. The molecule has 1 fully saturated rings. The molecule has 0 aromatic carbocycles. The topological polar surface area (TPSA) is 34.0 Å². The molecule has 3 heteroatoms. The summed E-state index contributed by atoms with van der Waals surface area (Å²) >= 11 is 0. The predicted molar refractivity (Wildman–Crippen MR) is 72.6 cm³/mol. The number of hydrogen-bond acceptors (Lipinski definition) is 2. The van der Waals surface area contributed by atoms with Crippen molar-refractivity contribution in [3.63, 3.8) is 0 Å². The van der Waals surface area contributed by atoms with E-state index in [0.717, 1.165) is 38.0 Å². The van der Waals surface area contributed by atoms with Crippen molar-refractivity contribution in [2.45, 2.75) is 38.1 Å². The lowest BCUT2D eigenvalue weighted by atomic mass is 10.1. The van der Waals surface area contributed by atoms with Crippen molar-refractivity contribution in [2.24, 2.45) is 0 Å². The summed E-state index contributed by atoms with van der Waals surface area (Å²) in [4.78, 5) is 12.1. The number of nitrogens with zero attached hydrogens (tertiary/aromatic N) is 1. The van der Waals surface area contributed by atoms with Gasteiger partial charge in [0, 0.05) is 25.1 Å². The van der Waals surface area contributed by atoms with Gasteiger partial charge in [0.1, 0.15) is 0 Å². The minimum Gasteiger partial charge on any atom is -0.342 e. The Morgan fingerprint density at radius 1 is 1.50 bits per heavy atom. The van der Waals surface area contributed by atoms with Gasteiger partial charge >= 0.3 is 0 Å². The molecule has 0 bridgehead atoms. The van der Waals surface area contributed by atoms with Crippen LogP contribution in [0.1, 0.15) is 48.6 Å². The van der Waals surface area contributed by atoms with Crippen molar-refractivity contribution in [1.29, 1.82) is 0 Å². The molecule has 0 amide bonds. The lowest BCUT2D eigenvalue weighted by molar-refractivity contribution is 0.0968. The average molecular weight is 244 g/mol. The Bertz CT molecular complexity index is 436. The summed E-state index contributed by atoms with van der Waals surface area (Å²) in [5, 5.41) is 3.35. The first kappa shape index (κ1) is 12.9. The minimum atomic E-state index is 0.216. The molecule has 18 heavy (non-hydrogen) atoms. The summed E-state index contributed by atoms with van der Waals surface area (Å²) in [6.07, 6.45) is 11.5. The van der Waals surface area contributed by atoms with E-state index in [0.29, 0.717) is 18.9 Å². The molecule has 2 heterocycles. The number of carbonyl (C=O) groups is 1. The van der Waals surface area contributed by atoms with Gasteiger partial charge in [0.2, 0.25) is 0 Å². The van der Waals surface area contributed by atoms with Gasteiger partial charge in [-0.1, -0.05) is 0 Å². The highest BCUT2D eigenvalue weighted by molar-refractivity contribution is 5.94. The highest BCUT2D eigenvalue weighted by Crippen LogP contribution is 2.22. The zero-order valence-electron chi connectivity index (χ0n) is 10.7. The molecule has 1 aliphatic heterocycles. The molecule has 2 rings (SSSR count). The van der Waals surface area contributed by atoms with Crippen molar-refractivity contribution < 1.29 is 4.79 Å². The van der Waals surface area contributed by atoms with Crippen LogP contribution in [0.2, 0.25) is 0 Å². The van der Waals surface area contributed by atoms with Crippen LogP contribution in [0.5, 0.6) is 0 Å². The molecule has 0 spiro atoms. The van der Waals surface area contributed by atoms with E-state index in [2.05, 4.69) is 15.8 Å². The maximum Gasteiger partial charge on any atom is 0.179 e. The van der Waals surface area contributed by atoms with Crippen molar-refractivity contribution in [1.82, 2.24) is 9.88 Å². The van der Waals surface area contributed by atoms with Gasteiger partial charge in [-0.2, -0.15) is 0 Å². The van der Waals surface area contributed by atoms with E-state index in [4.69, 9.17) is 6.42 Å². The lowest BCUT2D eigenvalue weighted by Gasteiger charge is -2.25. The Hall–Kier alpha value is -1.53. The van der Waals surface area contributed by atoms with Gasteiger partial charge in [-0.05, 0) is 44.5 Å². The number of Topliss-reactive ketones (excluding diaryl/α,β-unsaturated/α-hetero) is 1. The number of terminal acetylenes is 1. The number of ketones is 1. The predicted octanol–water partition coefficient (Wildman–Crippen LogP) is 2.40. The van der Waals surface area contributed by atoms with Gasteiger partial charge in [0.15, 0.2) is 5.78 Å². The third kappa shape index (κ3) is 3.02. The quantitative estimate of drug-likeness (QED) is 0.490. The standard InChI is InChI=1S/C15H20N2O/c1-2-3-4-7-15(18)14-6-5-12-17(14)13-8-10-16-11-9-13/h1,5-6,12-13,16H,3-4,7-11H2. The molecule has 0 radical (unpaired) electrons. The first-order valence-electron chi connectivity index (χ1n) is 6.67. The zero-order valence-corrected chi connectivity index (χ0v) is 10.7. The summed E-state index contributed by atoms with van der Waals surface area (Å²) in [6.45, 7) is 2.07. The van der Waals surface area contributed by atoms with Crippen LogP contribution < -0.4 is 5.32 Å². The van der Waals surface area contributed by atoms with Gasteiger partial charge in [-0.3, -0.25) is 4.79 Å². The minimum absolute atomic E-state index is 0.216. The van der Waals surface area contributed by atoms with Crippen LogP contribution in [-0.2, 0) is 0 Å². The second kappa shape index (κ2) is 6.42. The van der Waals surface area contributed by atoms with Crippen molar-refractivity contribution in [3.8, 4) is 12.3 Å². The molecular weight excluding hydrogens is 224 g/mol. The number of unbranched alkanes of at least 4 members (excludes halogenated alkanes) is 1. The molecule has 1 saturated heterocycles. The van der Waals surface area contributed by atoms with Crippen LogP contribution in [0.15, 0.2) is 18.3 Å². The smallest absolute Gasteiger partial charge is 0.179 e. The number of nitrogens with one attached hydrogen (secondary N) is 1. The molecule has 1 aromatic rings. The Kier molecular flexibility index (Phi) is 4.60. The van der Waals surface area contributed by atoms with Crippen molar-refractivity contribution in [2.75, 3.05) is 13.1 Å². The van der Waals surface area contributed by atoms with Gasteiger partial charge in [-0.25, -0.2) is 0 Å². The van der Waals surface area contributed by atoms with E-state index in [1.54, 1.807) is 0 Å². The van der Waals surface area contributed by atoms with Gasteiger partial charge < -0.3 is 9.88 Å². The molecule has 1 aromatic heterocycles. The van der Waals surface area contributed by atoms with Crippen LogP contribution in [0.4, 0.5) is 0 Å². The summed E-state index contributed by atoms with van der Waals surface area (Å²) < 4.78 is 2.15. The first-order valence-corrected chi connectivity index (χ1v) is 6.67. The number of aromatic nitrogens is 1. The zero-order chi connectivity index (χ0) is 12.8.